The summed E-state index contributed by atoms with van der Waals surface area (Å²) < 4.78 is 5.53. The molecule has 0 radical (unpaired) electrons. The Morgan fingerprint density at radius 1 is 1.40 bits per heavy atom. The van der Waals surface area contributed by atoms with Gasteiger partial charge in [0.05, 0.1) is 13.0 Å². The summed E-state index contributed by atoms with van der Waals surface area (Å²) in [6.45, 7) is 2.58. The average Bonchev–Trinajstić information content (AvgIpc) is 2.93. The topological polar surface area (TPSA) is 38.3 Å². The molecule has 1 heterocycles. The van der Waals surface area contributed by atoms with Crippen molar-refractivity contribution in [2.45, 2.75) is 18.7 Å². The summed E-state index contributed by atoms with van der Waals surface area (Å²) in [6, 6.07) is 9.61. The fourth-order valence-corrected chi connectivity index (χ4v) is 2.98. The summed E-state index contributed by atoms with van der Waals surface area (Å²) in [7, 11) is 0. The summed E-state index contributed by atoms with van der Waals surface area (Å²) in [4.78, 5) is 13.0. The van der Waals surface area contributed by atoms with Crippen molar-refractivity contribution < 1.29 is 9.53 Å². The van der Waals surface area contributed by atoms with Crippen LogP contribution in [0.15, 0.2) is 35.7 Å². The monoisotopic (exact) mass is 353 g/mol. The molecule has 0 saturated heterocycles. The van der Waals surface area contributed by atoms with Gasteiger partial charge in [0.15, 0.2) is 0 Å². The van der Waals surface area contributed by atoms with E-state index in [4.69, 9.17) is 4.74 Å². The van der Waals surface area contributed by atoms with Crippen LogP contribution in [0.2, 0.25) is 0 Å². The number of carbonyl (C=O) groups excluding carboxylic acids is 1. The van der Waals surface area contributed by atoms with E-state index in [2.05, 4.69) is 21.2 Å². The zero-order chi connectivity index (χ0) is 14.4. The predicted molar refractivity (Wildman–Crippen MR) is 86.9 cm³/mol. The van der Waals surface area contributed by atoms with Gasteiger partial charge in [-0.1, -0.05) is 22.0 Å². The predicted octanol–water partition coefficient (Wildman–Crippen LogP) is 4.22. The van der Waals surface area contributed by atoms with Crippen molar-refractivity contribution >= 4 is 38.9 Å². The van der Waals surface area contributed by atoms with Gasteiger partial charge in [-0.25, -0.2) is 0 Å². The molecule has 0 aliphatic carbocycles. The SMILES string of the molecule is CCOc1ccc(NC(=O)Cc2cccs2)cc1CBr. The number of carbonyl (C=O) groups is 1. The van der Waals surface area contributed by atoms with Gasteiger partial charge in [0.1, 0.15) is 5.75 Å². The first-order valence-electron chi connectivity index (χ1n) is 6.37. The van der Waals surface area contributed by atoms with Crippen LogP contribution >= 0.6 is 27.3 Å². The molecule has 0 aliphatic heterocycles. The number of nitrogens with one attached hydrogen (secondary N) is 1. The molecule has 5 heteroatoms. The van der Waals surface area contributed by atoms with Gasteiger partial charge in [0.25, 0.3) is 0 Å². The Kier molecular flexibility index (Phi) is 5.61. The van der Waals surface area contributed by atoms with E-state index >= 15 is 0 Å². The second-order valence-corrected chi connectivity index (χ2v) is 5.79. The summed E-state index contributed by atoms with van der Waals surface area (Å²) >= 11 is 5.03. The quantitative estimate of drug-likeness (QED) is 0.789. The Morgan fingerprint density at radius 2 is 2.25 bits per heavy atom. The minimum atomic E-state index is -0.00266. The third kappa shape index (κ3) is 4.08. The van der Waals surface area contributed by atoms with Gasteiger partial charge in [0, 0.05) is 21.5 Å². The maximum Gasteiger partial charge on any atom is 0.229 e. The molecule has 3 nitrogen and oxygen atoms in total. The molecule has 1 amide bonds. The van der Waals surface area contributed by atoms with Crippen molar-refractivity contribution in [3.63, 3.8) is 0 Å². The van der Waals surface area contributed by atoms with Crippen LogP contribution < -0.4 is 10.1 Å². The smallest absolute Gasteiger partial charge is 0.229 e. The summed E-state index contributed by atoms with van der Waals surface area (Å²) in [5, 5.41) is 5.58. The molecule has 1 N–H and O–H groups in total. The van der Waals surface area contributed by atoms with E-state index in [0.29, 0.717) is 18.4 Å². The number of thiophene rings is 1. The van der Waals surface area contributed by atoms with Gasteiger partial charge >= 0.3 is 0 Å². The average molecular weight is 354 g/mol. The molecule has 1 aromatic heterocycles. The largest absolute Gasteiger partial charge is 0.494 e. The highest BCUT2D eigenvalue weighted by Crippen LogP contribution is 2.25. The molecule has 0 aliphatic rings. The second kappa shape index (κ2) is 7.45. The molecule has 1 aromatic carbocycles. The lowest BCUT2D eigenvalue weighted by molar-refractivity contribution is -0.115. The number of anilines is 1. The first kappa shape index (κ1) is 15.1. The molecule has 0 spiro atoms. The number of amides is 1. The number of hydrogen-bond acceptors (Lipinski definition) is 3. The van der Waals surface area contributed by atoms with Crippen LogP contribution in [0.25, 0.3) is 0 Å². The molecule has 0 bridgehead atoms. The number of alkyl halides is 1. The number of rotatable bonds is 6. The van der Waals surface area contributed by atoms with Crippen molar-refractivity contribution in [1.82, 2.24) is 0 Å². The molecular formula is C15H16BrNO2S. The Morgan fingerprint density at radius 3 is 2.90 bits per heavy atom. The van der Waals surface area contributed by atoms with Crippen LogP contribution in [0.1, 0.15) is 17.4 Å². The van der Waals surface area contributed by atoms with Gasteiger partial charge in [-0.05, 0) is 36.6 Å². The third-order valence-electron chi connectivity index (χ3n) is 2.70. The molecule has 20 heavy (non-hydrogen) atoms. The maximum atomic E-state index is 11.9. The fraction of sp³-hybridized carbons (Fsp3) is 0.267. The first-order valence-corrected chi connectivity index (χ1v) is 8.37. The number of ether oxygens (including phenoxy) is 1. The third-order valence-corrected chi connectivity index (χ3v) is 4.18. The van der Waals surface area contributed by atoms with Gasteiger partial charge < -0.3 is 10.1 Å². The normalized spacial score (nSPS) is 10.3. The highest BCUT2D eigenvalue weighted by molar-refractivity contribution is 9.08. The highest BCUT2D eigenvalue weighted by atomic mass is 79.9. The molecule has 0 fully saturated rings. The number of halogens is 1. The molecular weight excluding hydrogens is 338 g/mol. The van der Waals surface area contributed by atoms with E-state index in [1.807, 2.05) is 42.6 Å². The van der Waals surface area contributed by atoms with Gasteiger partial charge in [-0.15, -0.1) is 11.3 Å². The summed E-state index contributed by atoms with van der Waals surface area (Å²) in [5.74, 6) is 0.845. The van der Waals surface area contributed by atoms with Crippen molar-refractivity contribution in [1.29, 1.82) is 0 Å². The van der Waals surface area contributed by atoms with E-state index in [0.717, 1.165) is 21.9 Å². The zero-order valence-electron chi connectivity index (χ0n) is 11.2. The molecule has 2 rings (SSSR count). The van der Waals surface area contributed by atoms with Crippen LogP contribution in [0, 0.1) is 0 Å². The minimum Gasteiger partial charge on any atom is -0.494 e. The summed E-state index contributed by atoms with van der Waals surface area (Å²) in [6.07, 6.45) is 0.411. The van der Waals surface area contributed by atoms with Crippen LogP contribution in [0.5, 0.6) is 5.75 Å². The Balaban J connectivity index is 2.03. The molecule has 106 valence electrons. The highest BCUT2D eigenvalue weighted by Gasteiger charge is 2.08. The Labute approximate surface area is 131 Å². The van der Waals surface area contributed by atoms with Crippen molar-refractivity contribution in [3.05, 3.63) is 46.2 Å². The lowest BCUT2D eigenvalue weighted by Crippen LogP contribution is -2.13. The van der Waals surface area contributed by atoms with Crippen molar-refractivity contribution in [2.24, 2.45) is 0 Å². The van der Waals surface area contributed by atoms with Gasteiger partial charge in [0.2, 0.25) is 5.91 Å². The van der Waals surface area contributed by atoms with Gasteiger partial charge in [-0.2, -0.15) is 0 Å². The van der Waals surface area contributed by atoms with E-state index in [-0.39, 0.29) is 5.91 Å². The summed E-state index contributed by atoms with van der Waals surface area (Å²) in [5.41, 5.74) is 1.82. The zero-order valence-corrected chi connectivity index (χ0v) is 13.6. The standard InChI is InChI=1S/C15H16BrNO2S/c1-2-19-14-6-5-12(8-11(14)10-16)17-15(18)9-13-4-3-7-20-13/h3-8H,2,9-10H2,1H3,(H,17,18). The molecule has 0 unspecified atom stereocenters. The second-order valence-electron chi connectivity index (χ2n) is 4.19. The van der Waals surface area contributed by atoms with Crippen LogP contribution in [-0.2, 0) is 16.5 Å². The van der Waals surface area contributed by atoms with Crippen LogP contribution in [0.3, 0.4) is 0 Å². The fourth-order valence-electron chi connectivity index (χ4n) is 1.83. The lowest BCUT2D eigenvalue weighted by Gasteiger charge is -2.11. The van der Waals surface area contributed by atoms with Crippen LogP contribution in [-0.4, -0.2) is 12.5 Å². The Bertz CT molecular complexity index is 569. The number of hydrogen-bond donors (Lipinski definition) is 1. The first-order chi connectivity index (χ1) is 9.72. The van der Waals surface area contributed by atoms with E-state index in [9.17, 15) is 4.79 Å². The Hall–Kier alpha value is -1.33. The molecule has 2 aromatic rings. The van der Waals surface area contributed by atoms with E-state index in [1.54, 1.807) is 11.3 Å². The van der Waals surface area contributed by atoms with Crippen molar-refractivity contribution in [2.75, 3.05) is 11.9 Å². The van der Waals surface area contributed by atoms with Gasteiger partial charge in [-0.3, -0.25) is 4.79 Å². The van der Waals surface area contributed by atoms with Crippen molar-refractivity contribution in [3.8, 4) is 5.75 Å². The lowest BCUT2D eigenvalue weighted by atomic mass is 10.2. The molecule has 0 saturated carbocycles. The van der Waals surface area contributed by atoms with E-state index in [1.165, 1.54) is 0 Å². The maximum absolute atomic E-state index is 11.9. The molecule has 0 atom stereocenters. The van der Waals surface area contributed by atoms with E-state index < -0.39 is 0 Å². The minimum absolute atomic E-state index is 0.00266. The number of benzene rings is 1. The van der Waals surface area contributed by atoms with Crippen LogP contribution in [0.4, 0.5) is 5.69 Å².